The molecule has 0 fully saturated rings. The normalized spacial score (nSPS) is 16.6. The van der Waals surface area contributed by atoms with Crippen LogP contribution in [0.15, 0.2) is 47.4 Å². The van der Waals surface area contributed by atoms with E-state index < -0.39 is 16.1 Å². The molecule has 0 unspecified atom stereocenters. The smallest absolute Gasteiger partial charge is 0.264 e. The van der Waals surface area contributed by atoms with Gasteiger partial charge in [0.2, 0.25) is 0 Å². The number of nitrogens with one attached hydrogen (secondary N) is 1. The summed E-state index contributed by atoms with van der Waals surface area (Å²) >= 11 is 6.07. The van der Waals surface area contributed by atoms with Crippen molar-refractivity contribution in [3.63, 3.8) is 0 Å². The predicted molar refractivity (Wildman–Crippen MR) is 105 cm³/mol. The number of nitrogens with zero attached hydrogens (tertiary/aromatic N) is 1. The van der Waals surface area contributed by atoms with Crippen molar-refractivity contribution in [2.24, 2.45) is 0 Å². The molecule has 0 saturated heterocycles. The lowest BCUT2D eigenvalue weighted by Gasteiger charge is -2.35. The van der Waals surface area contributed by atoms with Crippen molar-refractivity contribution in [3.05, 3.63) is 53.1 Å². The Balaban J connectivity index is 2.05. The maximum Gasteiger partial charge on any atom is 0.264 e. The zero-order chi connectivity index (χ0) is 19.8. The highest BCUT2D eigenvalue weighted by Gasteiger charge is 2.37. The van der Waals surface area contributed by atoms with Crippen LogP contribution in [0.25, 0.3) is 0 Å². The Morgan fingerprint density at radius 2 is 1.89 bits per heavy atom. The van der Waals surface area contributed by atoms with Crippen LogP contribution in [0.4, 0.5) is 5.69 Å². The van der Waals surface area contributed by atoms with Crippen LogP contribution >= 0.6 is 11.6 Å². The molecule has 0 spiro atoms. The highest BCUT2D eigenvalue weighted by Crippen LogP contribution is 2.38. The van der Waals surface area contributed by atoms with Crippen molar-refractivity contribution < 1.29 is 17.9 Å². The monoisotopic (exact) mass is 408 g/mol. The van der Waals surface area contributed by atoms with Gasteiger partial charge in [-0.2, -0.15) is 0 Å². The second kappa shape index (κ2) is 7.40. The lowest BCUT2D eigenvalue weighted by molar-refractivity contribution is -0.128. The number of rotatable bonds is 4. The van der Waals surface area contributed by atoms with E-state index in [9.17, 15) is 13.2 Å². The van der Waals surface area contributed by atoms with Gasteiger partial charge >= 0.3 is 0 Å². The topological polar surface area (TPSA) is 75.7 Å². The third-order valence-electron chi connectivity index (χ3n) is 4.12. The number of ether oxygens (including phenoxy) is 1. The molecule has 1 aliphatic rings. The number of halogens is 1. The summed E-state index contributed by atoms with van der Waals surface area (Å²) in [5, 5.41) is 3.14. The van der Waals surface area contributed by atoms with E-state index in [1.165, 1.54) is 10.4 Å². The summed E-state index contributed by atoms with van der Waals surface area (Å²) in [6, 6.07) is 11.2. The van der Waals surface area contributed by atoms with E-state index in [1.54, 1.807) is 36.4 Å². The molecule has 0 aliphatic carbocycles. The average molecular weight is 409 g/mol. The second-order valence-electron chi connectivity index (χ2n) is 6.73. The Hall–Kier alpha value is -2.25. The van der Waals surface area contributed by atoms with Gasteiger partial charge in [-0.25, -0.2) is 8.42 Å². The van der Waals surface area contributed by atoms with Crippen LogP contribution < -0.4 is 14.4 Å². The minimum absolute atomic E-state index is 0.0881. The Morgan fingerprint density at radius 1 is 1.22 bits per heavy atom. The van der Waals surface area contributed by atoms with Crippen molar-refractivity contribution in [1.82, 2.24) is 5.32 Å². The molecule has 0 radical (unpaired) electrons. The quantitative estimate of drug-likeness (QED) is 0.843. The molecule has 144 valence electrons. The van der Waals surface area contributed by atoms with Gasteiger partial charge in [-0.15, -0.1) is 0 Å². The van der Waals surface area contributed by atoms with Gasteiger partial charge < -0.3 is 10.1 Å². The average Bonchev–Trinajstić information content (AvgIpc) is 2.60. The summed E-state index contributed by atoms with van der Waals surface area (Å²) in [6.45, 7) is 5.40. The second-order valence-corrected chi connectivity index (χ2v) is 9.03. The molecule has 0 bridgehead atoms. The molecule has 1 heterocycles. The fourth-order valence-electron chi connectivity index (χ4n) is 2.80. The molecule has 2 aromatic rings. The van der Waals surface area contributed by atoms with E-state index in [-0.39, 0.29) is 23.4 Å². The minimum atomic E-state index is -3.89. The first-order valence-corrected chi connectivity index (χ1v) is 10.4. The molecule has 3 rings (SSSR count). The lowest BCUT2D eigenvalue weighted by Crippen LogP contribution is -2.51. The number of hydrogen-bond acceptors (Lipinski definition) is 4. The highest BCUT2D eigenvalue weighted by atomic mass is 35.5. The van der Waals surface area contributed by atoms with Crippen LogP contribution in [-0.2, 0) is 14.8 Å². The molecule has 6 nitrogen and oxygen atoms in total. The van der Waals surface area contributed by atoms with Crippen molar-refractivity contribution in [3.8, 4) is 5.75 Å². The summed E-state index contributed by atoms with van der Waals surface area (Å²) in [6.07, 6.45) is -0.957. The van der Waals surface area contributed by atoms with Crippen LogP contribution in [0.3, 0.4) is 0 Å². The fraction of sp³-hybridized carbons (Fsp3) is 0.316. The molecular weight excluding hydrogens is 388 g/mol. The van der Waals surface area contributed by atoms with Gasteiger partial charge in [0.15, 0.2) is 6.10 Å². The molecular formula is C19H21ClN2O4S. The van der Waals surface area contributed by atoms with Gasteiger partial charge in [0.1, 0.15) is 5.75 Å². The summed E-state index contributed by atoms with van der Waals surface area (Å²) in [7, 11) is -3.89. The van der Waals surface area contributed by atoms with Gasteiger partial charge in [0, 0.05) is 11.1 Å². The SMILES string of the molecule is Cc1ccc(S(=O)(=O)N2C[C@H](C(=O)NC(C)C)Oc3ccc(Cl)cc32)cc1. The van der Waals surface area contributed by atoms with Crippen molar-refractivity contribution >= 4 is 33.2 Å². The predicted octanol–water partition coefficient (Wildman–Crippen LogP) is 3.13. The van der Waals surface area contributed by atoms with Crippen LogP contribution in [0.2, 0.25) is 5.02 Å². The van der Waals surface area contributed by atoms with Crippen molar-refractivity contribution in [2.45, 2.75) is 37.8 Å². The largest absolute Gasteiger partial charge is 0.476 e. The van der Waals surface area contributed by atoms with Crippen LogP contribution in [0, 0.1) is 6.92 Å². The molecule has 27 heavy (non-hydrogen) atoms. The molecule has 0 aromatic heterocycles. The minimum Gasteiger partial charge on any atom is -0.476 e. The maximum absolute atomic E-state index is 13.3. The standard InChI is InChI=1S/C19H21ClN2O4S/c1-12(2)21-19(23)18-11-22(16-10-14(20)6-9-17(16)26-18)27(24,25)15-7-4-13(3)5-8-15/h4-10,12,18H,11H2,1-3H3,(H,21,23)/t18-/m1/s1. The van der Waals surface area contributed by atoms with Gasteiger partial charge in [-0.1, -0.05) is 29.3 Å². The molecule has 1 aliphatic heterocycles. The summed E-state index contributed by atoms with van der Waals surface area (Å²) < 4.78 is 33.5. The fourth-order valence-corrected chi connectivity index (χ4v) is 4.44. The first-order chi connectivity index (χ1) is 12.7. The van der Waals surface area contributed by atoms with Crippen LogP contribution in [0.5, 0.6) is 5.75 Å². The van der Waals surface area contributed by atoms with Gasteiger partial charge in [-0.3, -0.25) is 9.10 Å². The van der Waals surface area contributed by atoms with Crippen molar-refractivity contribution in [2.75, 3.05) is 10.8 Å². The lowest BCUT2D eigenvalue weighted by atomic mass is 10.2. The zero-order valence-corrected chi connectivity index (χ0v) is 16.8. The number of carbonyl (C=O) groups is 1. The van der Waals surface area contributed by atoms with Gasteiger partial charge in [0.05, 0.1) is 17.1 Å². The number of hydrogen-bond donors (Lipinski definition) is 1. The molecule has 1 atom stereocenters. The third kappa shape index (κ3) is 4.04. The molecule has 8 heteroatoms. The Morgan fingerprint density at radius 3 is 2.52 bits per heavy atom. The van der Waals surface area contributed by atoms with E-state index in [0.717, 1.165) is 5.56 Å². The van der Waals surface area contributed by atoms with E-state index in [0.29, 0.717) is 16.5 Å². The van der Waals surface area contributed by atoms with Crippen LogP contribution in [-0.4, -0.2) is 33.0 Å². The number of sulfonamides is 1. The van der Waals surface area contributed by atoms with E-state index in [4.69, 9.17) is 16.3 Å². The Kier molecular flexibility index (Phi) is 5.35. The first-order valence-electron chi connectivity index (χ1n) is 8.54. The number of carbonyl (C=O) groups excluding carboxylic acids is 1. The van der Waals surface area contributed by atoms with Gasteiger partial charge in [0.25, 0.3) is 15.9 Å². The van der Waals surface area contributed by atoms with Crippen LogP contribution in [0.1, 0.15) is 19.4 Å². The molecule has 2 aromatic carbocycles. The number of aryl methyl sites for hydroxylation is 1. The number of benzene rings is 2. The number of anilines is 1. The third-order valence-corrected chi connectivity index (χ3v) is 6.15. The number of amides is 1. The first kappa shape index (κ1) is 19.5. The van der Waals surface area contributed by atoms with Gasteiger partial charge in [-0.05, 0) is 51.1 Å². The molecule has 1 N–H and O–H groups in total. The van der Waals surface area contributed by atoms with E-state index in [2.05, 4.69) is 5.32 Å². The van der Waals surface area contributed by atoms with E-state index in [1.807, 2.05) is 20.8 Å². The zero-order valence-electron chi connectivity index (χ0n) is 15.3. The van der Waals surface area contributed by atoms with E-state index >= 15 is 0 Å². The van der Waals surface area contributed by atoms with Crippen molar-refractivity contribution in [1.29, 1.82) is 0 Å². The Bertz CT molecular complexity index is 958. The summed E-state index contributed by atoms with van der Waals surface area (Å²) in [4.78, 5) is 12.6. The maximum atomic E-state index is 13.3. The summed E-state index contributed by atoms with van der Waals surface area (Å²) in [5.41, 5.74) is 1.27. The molecule has 1 amide bonds. The molecule has 0 saturated carbocycles. The number of fused-ring (bicyclic) bond motifs is 1. The summed E-state index contributed by atoms with van der Waals surface area (Å²) in [5.74, 6) is -0.0695. The highest BCUT2D eigenvalue weighted by molar-refractivity contribution is 7.92. The Labute approximate surface area is 164 Å².